The predicted molar refractivity (Wildman–Crippen MR) is 66.7 cm³/mol. The molecule has 0 aromatic heterocycles. The second-order valence-electron chi connectivity index (χ2n) is 3.81. The molecule has 0 bridgehead atoms. The zero-order valence-corrected chi connectivity index (χ0v) is 10.2. The molecule has 2 heteroatoms. The van der Waals surface area contributed by atoms with Crippen molar-refractivity contribution in [2.75, 3.05) is 26.4 Å². The normalized spacial score (nSPS) is 15.1. The average molecular weight is 222 g/mol. The molecule has 1 heterocycles. The highest BCUT2D eigenvalue weighted by molar-refractivity contribution is 5.14. The van der Waals surface area contributed by atoms with Gasteiger partial charge in [0, 0.05) is 0 Å². The molecule has 0 atom stereocenters. The van der Waals surface area contributed by atoms with Crippen LogP contribution in [0.15, 0.2) is 30.3 Å². The highest BCUT2D eigenvalue weighted by atomic mass is 16.6. The Kier molecular flexibility index (Phi) is 7.74. The third-order valence-corrected chi connectivity index (χ3v) is 2.41. The molecule has 1 aromatic rings. The number of unbranched alkanes of at least 4 members (excludes halogenated alkanes) is 1. The summed E-state index contributed by atoms with van der Waals surface area (Å²) in [5.74, 6) is 0. The summed E-state index contributed by atoms with van der Waals surface area (Å²) >= 11 is 0. The van der Waals surface area contributed by atoms with Gasteiger partial charge in [0.2, 0.25) is 0 Å². The van der Waals surface area contributed by atoms with Crippen LogP contribution in [-0.4, -0.2) is 26.4 Å². The summed E-state index contributed by atoms with van der Waals surface area (Å²) in [7, 11) is 0. The smallest absolute Gasteiger partial charge is 0.0701 e. The zero-order valence-electron chi connectivity index (χ0n) is 10.2. The Labute approximate surface area is 98.6 Å². The fourth-order valence-electron chi connectivity index (χ4n) is 1.47. The summed E-state index contributed by atoms with van der Waals surface area (Å²) in [6, 6.07) is 10.6. The van der Waals surface area contributed by atoms with Gasteiger partial charge >= 0.3 is 0 Å². The third kappa shape index (κ3) is 6.59. The van der Waals surface area contributed by atoms with Gasteiger partial charge < -0.3 is 9.47 Å². The molecule has 2 rings (SSSR count). The van der Waals surface area contributed by atoms with Crippen molar-refractivity contribution in [3.05, 3.63) is 35.9 Å². The van der Waals surface area contributed by atoms with Gasteiger partial charge in [-0.25, -0.2) is 0 Å². The molecule has 0 unspecified atom stereocenters. The standard InChI is InChI=1S/C10H14.C4H8O2/c1-2-3-7-10-8-5-4-6-9-10;1-2-6-4-3-5-1/h4-6,8-9H,2-3,7H2,1H3;1-4H2. The van der Waals surface area contributed by atoms with Gasteiger partial charge in [-0.2, -0.15) is 0 Å². The Morgan fingerprint density at radius 1 is 0.938 bits per heavy atom. The maximum atomic E-state index is 4.94. The van der Waals surface area contributed by atoms with Crippen molar-refractivity contribution in [2.45, 2.75) is 26.2 Å². The summed E-state index contributed by atoms with van der Waals surface area (Å²) in [5.41, 5.74) is 1.46. The van der Waals surface area contributed by atoms with Crippen molar-refractivity contribution < 1.29 is 9.47 Å². The van der Waals surface area contributed by atoms with Gasteiger partial charge in [-0.1, -0.05) is 43.7 Å². The molecule has 0 radical (unpaired) electrons. The summed E-state index contributed by atoms with van der Waals surface area (Å²) in [6.07, 6.45) is 3.83. The first-order chi connectivity index (χ1) is 7.93. The first-order valence-corrected chi connectivity index (χ1v) is 6.13. The van der Waals surface area contributed by atoms with Crippen LogP contribution in [0.4, 0.5) is 0 Å². The molecule has 90 valence electrons. The molecule has 0 N–H and O–H groups in total. The minimum atomic E-state index is 0.778. The average Bonchev–Trinajstić information content (AvgIpc) is 2.40. The Bertz CT molecular complexity index is 231. The Morgan fingerprint density at radius 2 is 1.50 bits per heavy atom. The molecule has 1 aliphatic rings. The predicted octanol–water partition coefficient (Wildman–Crippen LogP) is 3.06. The third-order valence-electron chi connectivity index (χ3n) is 2.41. The zero-order chi connectivity index (χ0) is 11.5. The molecule has 0 spiro atoms. The fraction of sp³-hybridized carbons (Fsp3) is 0.571. The van der Waals surface area contributed by atoms with E-state index in [1.54, 1.807) is 0 Å². The van der Waals surface area contributed by atoms with E-state index in [1.807, 2.05) is 0 Å². The molecule has 1 aromatic carbocycles. The monoisotopic (exact) mass is 222 g/mol. The van der Waals surface area contributed by atoms with Crippen LogP contribution in [0.5, 0.6) is 0 Å². The summed E-state index contributed by atoms with van der Waals surface area (Å²) in [4.78, 5) is 0. The van der Waals surface area contributed by atoms with E-state index in [-0.39, 0.29) is 0 Å². The van der Waals surface area contributed by atoms with Crippen LogP contribution in [0.1, 0.15) is 25.3 Å². The maximum absolute atomic E-state index is 4.94. The largest absolute Gasteiger partial charge is 0.377 e. The van der Waals surface area contributed by atoms with Gasteiger partial charge in [-0.3, -0.25) is 0 Å². The van der Waals surface area contributed by atoms with E-state index in [0.29, 0.717) is 0 Å². The van der Waals surface area contributed by atoms with Crippen molar-refractivity contribution in [2.24, 2.45) is 0 Å². The highest BCUT2D eigenvalue weighted by Gasteiger charge is 1.94. The lowest BCUT2D eigenvalue weighted by Crippen LogP contribution is -2.16. The van der Waals surface area contributed by atoms with E-state index < -0.39 is 0 Å². The topological polar surface area (TPSA) is 18.5 Å². The van der Waals surface area contributed by atoms with Crippen LogP contribution in [0, 0.1) is 0 Å². The summed E-state index contributed by atoms with van der Waals surface area (Å²) < 4.78 is 9.89. The number of ether oxygens (including phenoxy) is 2. The number of benzene rings is 1. The summed E-state index contributed by atoms with van der Waals surface area (Å²) in [6.45, 7) is 5.34. The van der Waals surface area contributed by atoms with Crippen molar-refractivity contribution in [1.82, 2.24) is 0 Å². The van der Waals surface area contributed by atoms with Gasteiger partial charge in [0.05, 0.1) is 26.4 Å². The number of hydrogen-bond acceptors (Lipinski definition) is 2. The molecule has 16 heavy (non-hydrogen) atoms. The SMILES string of the molecule is C1COCCO1.CCCCc1ccccc1. The van der Waals surface area contributed by atoms with Crippen molar-refractivity contribution in [1.29, 1.82) is 0 Å². The van der Waals surface area contributed by atoms with Gasteiger partial charge in [0.25, 0.3) is 0 Å². The van der Waals surface area contributed by atoms with E-state index in [0.717, 1.165) is 26.4 Å². The van der Waals surface area contributed by atoms with Crippen LogP contribution in [0.25, 0.3) is 0 Å². The lowest BCUT2D eigenvalue weighted by Gasteiger charge is -2.09. The molecule has 1 aliphatic heterocycles. The molecule has 0 saturated carbocycles. The van der Waals surface area contributed by atoms with Crippen LogP contribution in [0.3, 0.4) is 0 Å². The molecular weight excluding hydrogens is 200 g/mol. The lowest BCUT2D eigenvalue weighted by molar-refractivity contribution is -0.0334. The molecule has 0 amide bonds. The number of aryl methyl sites for hydroxylation is 1. The van der Waals surface area contributed by atoms with E-state index in [4.69, 9.17) is 9.47 Å². The second kappa shape index (κ2) is 9.37. The Morgan fingerprint density at radius 3 is 1.94 bits per heavy atom. The Hall–Kier alpha value is -0.860. The molecule has 0 aliphatic carbocycles. The number of rotatable bonds is 3. The van der Waals surface area contributed by atoms with Crippen LogP contribution in [-0.2, 0) is 15.9 Å². The number of hydrogen-bond donors (Lipinski definition) is 0. The quantitative estimate of drug-likeness (QED) is 0.782. The highest BCUT2D eigenvalue weighted by Crippen LogP contribution is 2.03. The van der Waals surface area contributed by atoms with E-state index in [9.17, 15) is 0 Å². The van der Waals surface area contributed by atoms with Crippen molar-refractivity contribution in [3.63, 3.8) is 0 Å². The minimum absolute atomic E-state index is 0.778. The molecule has 2 nitrogen and oxygen atoms in total. The first-order valence-electron chi connectivity index (χ1n) is 6.13. The minimum Gasteiger partial charge on any atom is -0.377 e. The van der Waals surface area contributed by atoms with E-state index >= 15 is 0 Å². The molecule has 1 fully saturated rings. The maximum Gasteiger partial charge on any atom is 0.0701 e. The fourth-order valence-corrected chi connectivity index (χ4v) is 1.47. The first kappa shape index (κ1) is 13.2. The van der Waals surface area contributed by atoms with E-state index in [1.165, 1.54) is 24.8 Å². The van der Waals surface area contributed by atoms with Crippen LogP contribution >= 0.6 is 0 Å². The van der Waals surface area contributed by atoms with Gasteiger partial charge in [-0.15, -0.1) is 0 Å². The Balaban J connectivity index is 0.000000181. The van der Waals surface area contributed by atoms with Crippen LogP contribution < -0.4 is 0 Å². The molecule has 1 saturated heterocycles. The molecular formula is C14H22O2. The van der Waals surface area contributed by atoms with Crippen molar-refractivity contribution >= 4 is 0 Å². The summed E-state index contributed by atoms with van der Waals surface area (Å²) in [5, 5.41) is 0. The van der Waals surface area contributed by atoms with Gasteiger partial charge in [0.15, 0.2) is 0 Å². The second-order valence-corrected chi connectivity index (χ2v) is 3.81. The van der Waals surface area contributed by atoms with Gasteiger partial charge in [0.1, 0.15) is 0 Å². The lowest BCUT2D eigenvalue weighted by atomic mass is 10.1. The van der Waals surface area contributed by atoms with E-state index in [2.05, 4.69) is 37.3 Å². The van der Waals surface area contributed by atoms with Gasteiger partial charge in [-0.05, 0) is 18.4 Å². The van der Waals surface area contributed by atoms with Crippen molar-refractivity contribution in [3.8, 4) is 0 Å². The van der Waals surface area contributed by atoms with Crippen LogP contribution in [0.2, 0.25) is 0 Å².